The van der Waals surface area contributed by atoms with E-state index in [4.69, 9.17) is 0 Å². The first kappa shape index (κ1) is 13.3. The van der Waals surface area contributed by atoms with Crippen molar-refractivity contribution in [1.29, 1.82) is 0 Å². The van der Waals surface area contributed by atoms with Gasteiger partial charge in [-0.2, -0.15) is 0 Å². The molecular weight excluding hydrogens is 256 g/mol. The predicted molar refractivity (Wildman–Crippen MR) is 74.6 cm³/mol. The van der Waals surface area contributed by atoms with Gasteiger partial charge in [0.1, 0.15) is 11.9 Å². The number of anilines is 1. The highest BCUT2D eigenvalue weighted by atomic mass is 16.4. The highest BCUT2D eigenvalue weighted by Gasteiger charge is 2.36. The summed E-state index contributed by atoms with van der Waals surface area (Å²) in [5.41, 5.74) is 0. The summed E-state index contributed by atoms with van der Waals surface area (Å²) < 4.78 is 0. The lowest BCUT2D eigenvalue weighted by molar-refractivity contribution is -0.143. The lowest BCUT2D eigenvalue weighted by Gasteiger charge is -2.38. The van der Waals surface area contributed by atoms with Crippen molar-refractivity contribution < 1.29 is 9.90 Å². The Balaban J connectivity index is 1.60. The number of hydrogen-bond acceptors (Lipinski definition) is 5. The number of nitrogens with zero attached hydrogens (tertiary/aromatic N) is 4. The topological polar surface area (TPSA) is 69.6 Å². The molecule has 6 heteroatoms. The zero-order chi connectivity index (χ0) is 13.9. The van der Waals surface area contributed by atoms with Crippen LogP contribution < -0.4 is 4.90 Å². The zero-order valence-electron chi connectivity index (χ0n) is 11.5. The van der Waals surface area contributed by atoms with E-state index in [0.717, 1.165) is 51.1 Å². The number of likely N-dealkylation sites (tertiary alicyclic amines) is 1. The second-order valence-corrected chi connectivity index (χ2v) is 5.52. The Kier molecular flexibility index (Phi) is 3.82. The minimum atomic E-state index is -0.668. The molecule has 2 fully saturated rings. The van der Waals surface area contributed by atoms with Crippen LogP contribution in [0.4, 0.5) is 5.82 Å². The van der Waals surface area contributed by atoms with E-state index in [1.807, 2.05) is 0 Å². The Labute approximate surface area is 118 Å². The highest BCUT2D eigenvalue weighted by molar-refractivity contribution is 5.73. The van der Waals surface area contributed by atoms with Crippen LogP contribution >= 0.6 is 0 Å². The number of carboxylic acid groups (broad SMARTS) is 1. The van der Waals surface area contributed by atoms with Gasteiger partial charge in [-0.25, -0.2) is 4.98 Å². The van der Waals surface area contributed by atoms with Crippen LogP contribution in [0.5, 0.6) is 0 Å². The van der Waals surface area contributed by atoms with E-state index in [-0.39, 0.29) is 6.04 Å². The van der Waals surface area contributed by atoms with Crippen molar-refractivity contribution in [2.75, 3.05) is 24.5 Å². The molecule has 0 spiro atoms. The van der Waals surface area contributed by atoms with E-state index < -0.39 is 5.97 Å². The molecule has 0 saturated carbocycles. The van der Waals surface area contributed by atoms with Gasteiger partial charge in [0.05, 0.1) is 6.20 Å². The first-order valence-corrected chi connectivity index (χ1v) is 7.25. The maximum Gasteiger partial charge on any atom is 0.320 e. The molecular formula is C14H20N4O2. The molecule has 2 aliphatic rings. The molecule has 3 heterocycles. The van der Waals surface area contributed by atoms with Crippen molar-refractivity contribution in [3.8, 4) is 0 Å². The zero-order valence-corrected chi connectivity index (χ0v) is 11.5. The summed E-state index contributed by atoms with van der Waals surface area (Å²) >= 11 is 0. The van der Waals surface area contributed by atoms with Crippen LogP contribution in [0, 0.1) is 0 Å². The van der Waals surface area contributed by atoms with Gasteiger partial charge in [-0.1, -0.05) is 0 Å². The third-order valence-corrected chi connectivity index (χ3v) is 4.39. The van der Waals surface area contributed by atoms with E-state index in [9.17, 15) is 9.90 Å². The summed E-state index contributed by atoms with van der Waals surface area (Å²) in [4.78, 5) is 24.1. The van der Waals surface area contributed by atoms with Gasteiger partial charge in [0.2, 0.25) is 0 Å². The Morgan fingerprint density at radius 2 is 2.00 bits per heavy atom. The number of carbonyl (C=O) groups is 1. The molecule has 2 aliphatic heterocycles. The van der Waals surface area contributed by atoms with Crippen LogP contribution in [0.2, 0.25) is 0 Å². The maximum atomic E-state index is 11.3. The third-order valence-electron chi connectivity index (χ3n) is 4.39. The molecule has 1 aromatic rings. The lowest BCUT2D eigenvalue weighted by Crippen LogP contribution is -2.49. The fraction of sp³-hybridized carbons (Fsp3) is 0.643. The smallest absolute Gasteiger partial charge is 0.320 e. The predicted octanol–water partition coefficient (Wildman–Crippen LogP) is 0.994. The SMILES string of the molecule is O=C(O)C1CCCN1C1CCN(c2cnccn2)CC1. The molecule has 2 saturated heterocycles. The Morgan fingerprint density at radius 1 is 1.20 bits per heavy atom. The summed E-state index contributed by atoms with van der Waals surface area (Å²) in [7, 11) is 0. The number of piperidine rings is 1. The number of rotatable bonds is 3. The Bertz CT molecular complexity index is 460. The number of aromatic nitrogens is 2. The van der Waals surface area contributed by atoms with Crippen molar-refractivity contribution in [2.45, 2.75) is 37.8 Å². The molecule has 3 rings (SSSR count). The van der Waals surface area contributed by atoms with E-state index in [1.165, 1.54) is 0 Å². The largest absolute Gasteiger partial charge is 0.480 e. The number of carboxylic acids is 1. The minimum absolute atomic E-state index is 0.275. The fourth-order valence-corrected chi connectivity index (χ4v) is 3.37. The monoisotopic (exact) mass is 276 g/mol. The molecule has 0 amide bonds. The molecule has 6 nitrogen and oxygen atoms in total. The molecule has 20 heavy (non-hydrogen) atoms. The maximum absolute atomic E-state index is 11.3. The van der Waals surface area contributed by atoms with Crippen LogP contribution in [0.15, 0.2) is 18.6 Å². The summed E-state index contributed by atoms with van der Waals surface area (Å²) in [5, 5.41) is 9.27. The molecule has 0 aliphatic carbocycles. The van der Waals surface area contributed by atoms with E-state index in [0.29, 0.717) is 6.04 Å². The first-order chi connectivity index (χ1) is 9.75. The Morgan fingerprint density at radius 3 is 2.65 bits per heavy atom. The Hall–Kier alpha value is -1.69. The van der Waals surface area contributed by atoms with Crippen molar-refractivity contribution in [1.82, 2.24) is 14.9 Å². The molecule has 0 bridgehead atoms. The fourth-order valence-electron chi connectivity index (χ4n) is 3.37. The van der Waals surface area contributed by atoms with Crippen LogP contribution in [0.1, 0.15) is 25.7 Å². The van der Waals surface area contributed by atoms with E-state index >= 15 is 0 Å². The average molecular weight is 276 g/mol. The van der Waals surface area contributed by atoms with Gasteiger partial charge >= 0.3 is 5.97 Å². The molecule has 1 atom stereocenters. The van der Waals surface area contributed by atoms with Gasteiger partial charge in [-0.15, -0.1) is 0 Å². The standard InChI is InChI=1S/C14H20N4O2/c19-14(20)12-2-1-7-18(12)11-3-8-17(9-4-11)13-10-15-5-6-16-13/h5-6,10-12H,1-4,7-9H2,(H,19,20). The van der Waals surface area contributed by atoms with Gasteiger partial charge in [0.15, 0.2) is 0 Å². The van der Waals surface area contributed by atoms with Crippen molar-refractivity contribution in [3.05, 3.63) is 18.6 Å². The second kappa shape index (κ2) is 5.75. The number of aliphatic carboxylic acids is 1. The van der Waals surface area contributed by atoms with E-state index in [2.05, 4.69) is 19.8 Å². The van der Waals surface area contributed by atoms with Gasteiger partial charge < -0.3 is 10.0 Å². The van der Waals surface area contributed by atoms with E-state index in [1.54, 1.807) is 18.6 Å². The van der Waals surface area contributed by atoms with Crippen LogP contribution in [-0.4, -0.2) is 57.7 Å². The second-order valence-electron chi connectivity index (χ2n) is 5.52. The summed E-state index contributed by atoms with van der Waals surface area (Å²) in [5.74, 6) is 0.251. The van der Waals surface area contributed by atoms with Crippen LogP contribution in [0.25, 0.3) is 0 Å². The highest BCUT2D eigenvalue weighted by Crippen LogP contribution is 2.27. The molecule has 0 aromatic carbocycles. The molecule has 108 valence electrons. The molecule has 0 radical (unpaired) electrons. The number of hydrogen-bond donors (Lipinski definition) is 1. The van der Waals surface area contributed by atoms with Crippen molar-refractivity contribution in [2.24, 2.45) is 0 Å². The summed E-state index contributed by atoms with van der Waals surface area (Å²) in [6, 6.07) is 0.120. The van der Waals surface area contributed by atoms with Crippen LogP contribution in [-0.2, 0) is 4.79 Å². The van der Waals surface area contributed by atoms with Crippen molar-refractivity contribution in [3.63, 3.8) is 0 Å². The van der Waals surface area contributed by atoms with Crippen LogP contribution in [0.3, 0.4) is 0 Å². The minimum Gasteiger partial charge on any atom is -0.480 e. The van der Waals surface area contributed by atoms with Gasteiger partial charge in [0, 0.05) is 31.5 Å². The average Bonchev–Trinajstić information content (AvgIpc) is 2.98. The van der Waals surface area contributed by atoms with Gasteiger partial charge in [-0.3, -0.25) is 14.7 Å². The summed E-state index contributed by atoms with van der Waals surface area (Å²) in [6.45, 7) is 2.77. The lowest BCUT2D eigenvalue weighted by atomic mass is 10.0. The summed E-state index contributed by atoms with van der Waals surface area (Å²) in [6.07, 6.45) is 8.97. The first-order valence-electron chi connectivity index (χ1n) is 7.25. The molecule has 1 unspecified atom stereocenters. The quantitative estimate of drug-likeness (QED) is 0.888. The van der Waals surface area contributed by atoms with Gasteiger partial charge in [-0.05, 0) is 32.2 Å². The normalized spacial score (nSPS) is 25.0. The molecule has 1 N–H and O–H groups in total. The van der Waals surface area contributed by atoms with Gasteiger partial charge in [0.25, 0.3) is 0 Å². The molecule has 1 aromatic heterocycles. The third kappa shape index (κ3) is 2.60. The van der Waals surface area contributed by atoms with Crippen molar-refractivity contribution >= 4 is 11.8 Å².